The minimum absolute atomic E-state index is 0.0634. The van der Waals surface area contributed by atoms with E-state index in [0.29, 0.717) is 16.1 Å². The molecule has 0 aromatic heterocycles. The van der Waals surface area contributed by atoms with Gasteiger partial charge in [0.2, 0.25) is 0 Å². The van der Waals surface area contributed by atoms with Gasteiger partial charge < -0.3 is 14.9 Å². The summed E-state index contributed by atoms with van der Waals surface area (Å²) in [6.07, 6.45) is 0. The number of benzene rings is 3. The van der Waals surface area contributed by atoms with Gasteiger partial charge >= 0.3 is 11.7 Å². The summed E-state index contributed by atoms with van der Waals surface area (Å²) >= 11 is 6.19. The molecule has 0 saturated carbocycles. The van der Waals surface area contributed by atoms with Gasteiger partial charge in [0.05, 0.1) is 5.92 Å². The third-order valence-electron chi connectivity index (χ3n) is 6.61. The molecule has 0 amide bonds. The van der Waals surface area contributed by atoms with E-state index in [4.69, 9.17) is 16.3 Å². The van der Waals surface area contributed by atoms with Crippen LogP contribution in [0.1, 0.15) is 75.3 Å². The fraction of sp³-hybridized carbons (Fsp3) is 0.379. The average Bonchev–Trinajstić information content (AvgIpc) is 2.74. The summed E-state index contributed by atoms with van der Waals surface area (Å²) in [6.45, 7) is 11.6. The van der Waals surface area contributed by atoms with Gasteiger partial charge in [-0.15, -0.1) is 0 Å². The van der Waals surface area contributed by atoms with Gasteiger partial charge in [-0.2, -0.15) is 8.78 Å². The van der Waals surface area contributed by atoms with E-state index < -0.39 is 28.5 Å². The lowest BCUT2D eigenvalue weighted by Gasteiger charge is -2.45. The van der Waals surface area contributed by atoms with Crippen molar-refractivity contribution in [2.45, 2.75) is 70.0 Å². The number of phenolic OH excluding ortho intramolecular Hbond substituents is 1. The number of rotatable bonds is 2. The minimum Gasteiger partial charge on any atom is -0.507 e. The number of halogens is 3. The highest BCUT2D eigenvalue weighted by atomic mass is 35.5. The molecule has 35 heavy (non-hydrogen) atoms. The van der Waals surface area contributed by atoms with E-state index in [0.717, 1.165) is 0 Å². The van der Waals surface area contributed by atoms with Crippen LogP contribution in [-0.4, -0.2) is 16.1 Å². The Morgan fingerprint density at radius 3 is 1.91 bits per heavy atom. The Kier molecular flexibility index (Phi) is 5.97. The van der Waals surface area contributed by atoms with Gasteiger partial charge in [-0.1, -0.05) is 102 Å². The number of alkyl halides is 2. The normalized spacial score (nSPS) is 21.8. The zero-order chi connectivity index (χ0) is 26.0. The number of hydrogen-bond donors (Lipinski definition) is 2. The van der Waals surface area contributed by atoms with Crippen LogP contribution in [0.15, 0.2) is 60.7 Å². The Morgan fingerprint density at radius 2 is 1.40 bits per heavy atom. The molecule has 2 unspecified atom stereocenters. The number of ether oxygens (including phenoxy) is 1. The van der Waals surface area contributed by atoms with Crippen LogP contribution in [0.3, 0.4) is 0 Å². The van der Waals surface area contributed by atoms with Crippen molar-refractivity contribution in [3.63, 3.8) is 0 Å². The van der Waals surface area contributed by atoms with Gasteiger partial charge in [-0.25, -0.2) is 0 Å². The lowest BCUT2D eigenvalue weighted by Crippen LogP contribution is -2.56. The predicted molar refractivity (Wildman–Crippen MR) is 135 cm³/mol. The number of hydrogen-bond acceptors (Lipinski definition) is 3. The molecular formula is C29H31ClF2O3. The zero-order valence-electron chi connectivity index (χ0n) is 20.8. The zero-order valence-corrected chi connectivity index (χ0v) is 21.5. The van der Waals surface area contributed by atoms with Crippen LogP contribution in [0.4, 0.5) is 8.78 Å². The quantitative estimate of drug-likeness (QED) is 0.380. The molecule has 1 aliphatic heterocycles. The van der Waals surface area contributed by atoms with Crippen molar-refractivity contribution in [2.75, 3.05) is 0 Å². The Morgan fingerprint density at radius 1 is 0.857 bits per heavy atom. The maximum atomic E-state index is 16.6. The lowest BCUT2D eigenvalue weighted by molar-refractivity contribution is -0.303. The molecule has 0 radical (unpaired) electrons. The number of fused-ring (bicyclic) bond motifs is 1. The van der Waals surface area contributed by atoms with Crippen molar-refractivity contribution in [1.82, 2.24) is 0 Å². The Bertz CT molecular complexity index is 1220. The van der Waals surface area contributed by atoms with Crippen molar-refractivity contribution in [2.24, 2.45) is 0 Å². The van der Waals surface area contributed by atoms with Crippen molar-refractivity contribution < 1.29 is 23.7 Å². The highest BCUT2D eigenvalue weighted by Crippen LogP contribution is 2.57. The van der Waals surface area contributed by atoms with Crippen LogP contribution in [0, 0.1) is 0 Å². The molecule has 0 spiro atoms. The van der Waals surface area contributed by atoms with Gasteiger partial charge in [0.15, 0.2) is 0 Å². The van der Waals surface area contributed by atoms with Crippen LogP contribution in [0.5, 0.6) is 11.5 Å². The van der Waals surface area contributed by atoms with E-state index in [9.17, 15) is 10.2 Å². The third kappa shape index (κ3) is 4.19. The molecule has 0 aliphatic carbocycles. The highest BCUT2D eigenvalue weighted by Gasteiger charge is 2.65. The number of aliphatic hydroxyl groups is 1. The van der Waals surface area contributed by atoms with E-state index in [1.807, 2.05) is 41.5 Å². The first-order valence-electron chi connectivity index (χ1n) is 11.6. The summed E-state index contributed by atoms with van der Waals surface area (Å²) in [6, 6.07) is 15.4. The molecule has 3 aromatic rings. The summed E-state index contributed by atoms with van der Waals surface area (Å²) < 4.78 is 38.8. The maximum absolute atomic E-state index is 16.6. The van der Waals surface area contributed by atoms with Crippen molar-refractivity contribution in [3.8, 4) is 11.5 Å². The Hall–Kier alpha value is -2.63. The first-order chi connectivity index (χ1) is 16.1. The summed E-state index contributed by atoms with van der Waals surface area (Å²) in [7, 11) is 0. The van der Waals surface area contributed by atoms with Gasteiger partial charge in [-0.05, 0) is 39.7 Å². The van der Waals surface area contributed by atoms with Crippen molar-refractivity contribution in [1.29, 1.82) is 0 Å². The minimum atomic E-state index is -3.77. The third-order valence-corrected chi connectivity index (χ3v) is 6.84. The topological polar surface area (TPSA) is 49.7 Å². The van der Waals surface area contributed by atoms with Gasteiger partial charge in [0, 0.05) is 16.1 Å². The molecule has 6 heteroatoms. The summed E-state index contributed by atoms with van der Waals surface area (Å²) in [5, 5.41) is 22.9. The number of phenols is 1. The maximum Gasteiger partial charge on any atom is 0.327 e. The van der Waals surface area contributed by atoms with Crippen LogP contribution < -0.4 is 4.74 Å². The van der Waals surface area contributed by atoms with Crippen LogP contribution in [-0.2, 0) is 16.6 Å². The standard InChI is InChI=1S/C29H31ClF2O3/c1-26(2,3)21-14-17(15-22(25(21)33)27(4,5)6)24-20-13-12-19(30)16-23(20)35-29(34,28(24,31)32)18-10-8-7-9-11-18/h7-16,24,33-34H,1-6H3. The fourth-order valence-corrected chi connectivity index (χ4v) is 4.89. The predicted octanol–water partition coefficient (Wildman–Crippen LogP) is 7.65. The van der Waals surface area contributed by atoms with E-state index >= 15 is 8.78 Å². The molecule has 4 rings (SSSR count). The second-order valence-electron chi connectivity index (χ2n) is 11.3. The van der Waals surface area contributed by atoms with E-state index in [2.05, 4.69) is 0 Å². The molecule has 186 valence electrons. The molecule has 1 heterocycles. The molecule has 0 saturated heterocycles. The smallest absolute Gasteiger partial charge is 0.327 e. The van der Waals surface area contributed by atoms with Crippen LogP contribution >= 0.6 is 11.6 Å². The Balaban J connectivity index is 2.07. The summed E-state index contributed by atoms with van der Waals surface area (Å²) in [5.74, 6) is -8.08. The second-order valence-corrected chi connectivity index (χ2v) is 11.8. The van der Waals surface area contributed by atoms with Crippen molar-refractivity contribution in [3.05, 3.63) is 93.5 Å². The van der Waals surface area contributed by atoms with Gasteiger partial charge in [0.25, 0.3) is 0 Å². The Labute approximate surface area is 210 Å². The van der Waals surface area contributed by atoms with E-state index in [1.165, 1.54) is 30.3 Å². The van der Waals surface area contributed by atoms with E-state index in [1.54, 1.807) is 30.3 Å². The first kappa shape index (κ1) is 25.5. The van der Waals surface area contributed by atoms with Crippen LogP contribution in [0.2, 0.25) is 5.02 Å². The average molecular weight is 501 g/mol. The van der Waals surface area contributed by atoms with Crippen LogP contribution in [0.25, 0.3) is 0 Å². The monoisotopic (exact) mass is 500 g/mol. The largest absolute Gasteiger partial charge is 0.507 e. The van der Waals surface area contributed by atoms with E-state index in [-0.39, 0.29) is 28.2 Å². The summed E-state index contributed by atoms with van der Waals surface area (Å²) in [5.41, 5.74) is 0.515. The molecule has 1 aliphatic rings. The van der Waals surface area contributed by atoms with Crippen molar-refractivity contribution >= 4 is 11.6 Å². The summed E-state index contributed by atoms with van der Waals surface area (Å²) in [4.78, 5) is 0. The van der Waals surface area contributed by atoms with Gasteiger partial charge in [0.1, 0.15) is 11.5 Å². The molecule has 2 N–H and O–H groups in total. The van der Waals surface area contributed by atoms with Gasteiger partial charge in [-0.3, -0.25) is 0 Å². The molecule has 3 aromatic carbocycles. The number of aromatic hydroxyl groups is 1. The first-order valence-corrected chi connectivity index (χ1v) is 12.0. The molecule has 2 atom stereocenters. The highest BCUT2D eigenvalue weighted by molar-refractivity contribution is 6.30. The molecular weight excluding hydrogens is 470 g/mol. The second kappa shape index (κ2) is 8.21. The molecule has 3 nitrogen and oxygen atoms in total. The molecule has 0 fully saturated rings. The fourth-order valence-electron chi connectivity index (χ4n) is 4.72. The lowest BCUT2D eigenvalue weighted by atomic mass is 9.72. The molecule has 0 bridgehead atoms. The SMILES string of the molecule is CC(C)(C)c1cc(C2c3ccc(Cl)cc3OC(O)(c3ccccc3)C2(F)F)cc(C(C)(C)C)c1O.